The Balaban J connectivity index is 1.60. The van der Waals surface area contributed by atoms with E-state index in [1.807, 2.05) is 31.2 Å². The fourth-order valence-corrected chi connectivity index (χ4v) is 3.61. The molecule has 0 aliphatic carbocycles. The molecule has 29 heavy (non-hydrogen) atoms. The molecule has 3 rings (SSSR count). The number of anilines is 1. The first-order chi connectivity index (χ1) is 14.0. The van der Waals surface area contributed by atoms with Crippen LogP contribution in [0.4, 0.5) is 5.69 Å². The summed E-state index contributed by atoms with van der Waals surface area (Å²) < 4.78 is 0. The van der Waals surface area contributed by atoms with Crippen LogP contribution >= 0.6 is 11.6 Å². The Morgan fingerprint density at radius 3 is 2.38 bits per heavy atom. The zero-order valence-corrected chi connectivity index (χ0v) is 17.7. The normalized spacial score (nSPS) is 15.6. The summed E-state index contributed by atoms with van der Waals surface area (Å²) in [6, 6.07) is 14.9. The van der Waals surface area contributed by atoms with Gasteiger partial charge in [0.2, 0.25) is 0 Å². The van der Waals surface area contributed by atoms with Gasteiger partial charge >= 0.3 is 0 Å². The zero-order chi connectivity index (χ0) is 20.8. The quantitative estimate of drug-likeness (QED) is 0.743. The van der Waals surface area contributed by atoms with Crippen LogP contribution in [0.3, 0.4) is 0 Å². The minimum Gasteiger partial charge on any atom is -0.371 e. The molecule has 0 aromatic heterocycles. The fourth-order valence-electron chi connectivity index (χ4n) is 3.48. The van der Waals surface area contributed by atoms with Crippen LogP contribution in [-0.4, -0.2) is 37.0 Å². The highest BCUT2D eigenvalue weighted by Crippen LogP contribution is 2.24. The lowest BCUT2D eigenvalue weighted by molar-refractivity contribution is 0.0928. The standard InChI is InChI=1S/C23H28ClN3O2/c1-3-16(2)25-23(29)20-6-4-5-7-21(20)27-14-12-19(13-15-27)26-22(28)17-8-10-18(24)11-9-17/h4-11,16,19H,3,12-15H2,1-2H3,(H,25,29)(H,26,28). The maximum atomic E-state index is 12.7. The summed E-state index contributed by atoms with van der Waals surface area (Å²) in [6.07, 6.45) is 2.56. The number of halogens is 1. The summed E-state index contributed by atoms with van der Waals surface area (Å²) in [5, 5.41) is 6.78. The van der Waals surface area contributed by atoms with E-state index in [0.29, 0.717) is 16.1 Å². The van der Waals surface area contributed by atoms with Gasteiger partial charge in [0.25, 0.3) is 11.8 Å². The van der Waals surface area contributed by atoms with Gasteiger partial charge in [-0.15, -0.1) is 0 Å². The van der Waals surface area contributed by atoms with Crippen molar-refractivity contribution in [2.45, 2.75) is 45.2 Å². The van der Waals surface area contributed by atoms with E-state index in [0.717, 1.165) is 38.0 Å². The average molecular weight is 414 g/mol. The van der Waals surface area contributed by atoms with Gasteiger partial charge < -0.3 is 15.5 Å². The molecule has 1 heterocycles. The number of benzene rings is 2. The van der Waals surface area contributed by atoms with E-state index in [-0.39, 0.29) is 23.9 Å². The summed E-state index contributed by atoms with van der Waals surface area (Å²) in [7, 11) is 0. The second kappa shape index (κ2) is 9.79. The van der Waals surface area contributed by atoms with Gasteiger partial charge in [0, 0.05) is 41.4 Å². The van der Waals surface area contributed by atoms with Gasteiger partial charge in [0.05, 0.1) is 5.56 Å². The molecule has 0 radical (unpaired) electrons. The first-order valence-corrected chi connectivity index (χ1v) is 10.6. The predicted octanol–water partition coefficient (Wildman–Crippen LogP) is 4.27. The fraction of sp³-hybridized carbons (Fsp3) is 0.391. The molecule has 2 N–H and O–H groups in total. The number of carbonyl (C=O) groups is 2. The van der Waals surface area contributed by atoms with Gasteiger partial charge in [-0.2, -0.15) is 0 Å². The van der Waals surface area contributed by atoms with Gasteiger partial charge in [-0.1, -0.05) is 30.7 Å². The smallest absolute Gasteiger partial charge is 0.253 e. The number of para-hydroxylation sites is 1. The SMILES string of the molecule is CCC(C)NC(=O)c1ccccc1N1CCC(NC(=O)c2ccc(Cl)cc2)CC1. The highest BCUT2D eigenvalue weighted by molar-refractivity contribution is 6.30. The molecule has 6 heteroatoms. The Bertz CT molecular complexity index is 845. The molecule has 5 nitrogen and oxygen atoms in total. The third-order valence-corrected chi connectivity index (χ3v) is 5.67. The molecular weight excluding hydrogens is 386 g/mol. The highest BCUT2D eigenvalue weighted by atomic mass is 35.5. The molecule has 1 unspecified atom stereocenters. The second-order valence-corrected chi connectivity index (χ2v) is 7.98. The Morgan fingerprint density at radius 1 is 1.07 bits per heavy atom. The maximum absolute atomic E-state index is 12.7. The molecule has 0 spiro atoms. The van der Waals surface area contributed by atoms with Crippen LogP contribution in [0.2, 0.25) is 5.02 Å². The van der Waals surface area contributed by atoms with Crippen molar-refractivity contribution >= 4 is 29.1 Å². The van der Waals surface area contributed by atoms with E-state index < -0.39 is 0 Å². The Hall–Kier alpha value is -2.53. The number of piperidine rings is 1. The first-order valence-electron chi connectivity index (χ1n) is 10.2. The van der Waals surface area contributed by atoms with Gasteiger partial charge in [0.1, 0.15) is 0 Å². The topological polar surface area (TPSA) is 61.4 Å². The van der Waals surface area contributed by atoms with Crippen LogP contribution in [-0.2, 0) is 0 Å². The van der Waals surface area contributed by atoms with Gasteiger partial charge in [0.15, 0.2) is 0 Å². The molecule has 1 aliphatic heterocycles. The number of hydrogen-bond donors (Lipinski definition) is 2. The number of rotatable bonds is 6. The Labute approximate surface area is 177 Å². The minimum atomic E-state index is -0.0755. The van der Waals surface area contributed by atoms with E-state index in [4.69, 9.17) is 11.6 Å². The maximum Gasteiger partial charge on any atom is 0.253 e. The zero-order valence-electron chi connectivity index (χ0n) is 17.0. The van der Waals surface area contributed by atoms with E-state index in [1.165, 1.54) is 0 Å². The number of amides is 2. The number of nitrogens with one attached hydrogen (secondary N) is 2. The van der Waals surface area contributed by atoms with Gasteiger partial charge in [-0.3, -0.25) is 9.59 Å². The third kappa shape index (κ3) is 5.51. The lowest BCUT2D eigenvalue weighted by Crippen LogP contribution is -2.45. The summed E-state index contributed by atoms with van der Waals surface area (Å²) in [5.41, 5.74) is 2.27. The van der Waals surface area contributed by atoms with E-state index >= 15 is 0 Å². The molecule has 0 saturated carbocycles. The first kappa shape index (κ1) is 21.2. The lowest BCUT2D eigenvalue weighted by Gasteiger charge is -2.35. The Kier molecular flexibility index (Phi) is 7.15. The van der Waals surface area contributed by atoms with Crippen molar-refractivity contribution in [3.63, 3.8) is 0 Å². The number of carbonyl (C=O) groups excluding carboxylic acids is 2. The van der Waals surface area contributed by atoms with Crippen LogP contribution in [0.15, 0.2) is 48.5 Å². The largest absolute Gasteiger partial charge is 0.371 e. The molecule has 0 bridgehead atoms. The minimum absolute atomic E-state index is 0.0342. The predicted molar refractivity (Wildman–Crippen MR) is 118 cm³/mol. The van der Waals surface area contributed by atoms with Crippen molar-refractivity contribution in [1.82, 2.24) is 10.6 Å². The van der Waals surface area contributed by atoms with Crippen LogP contribution in [0.5, 0.6) is 0 Å². The summed E-state index contributed by atoms with van der Waals surface area (Å²) in [6.45, 7) is 5.65. The molecule has 2 aromatic carbocycles. The molecule has 2 aromatic rings. The van der Waals surface area contributed by atoms with Crippen molar-refractivity contribution in [3.05, 3.63) is 64.7 Å². The lowest BCUT2D eigenvalue weighted by atomic mass is 10.0. The molecule has 2 amide bonds. The van der Waals surface area contributed by atoms with Gasteiger partial charge in [-0.05, 0) is 62.6 Å². The molecule has 1 atom stereocenters. The summed E-state index contributed by atoms with van der Waals surface area (Å²) >= 11 is 5.89. The van der Waals surface area contributed by atoms with Crippen molar-refractivity contribution in [3.8, 4) is 0 Å². The van der Waals surface area contributed by atoms with Crippen molar-refractivity contribution in [2.75, 3.05) is 18.0 Å². The Morgan fingerprint density at radius 2 is 1.72 bits per heavy atom. The van der Waals surface area contributed by atoms with Crippen molar-refractivity contribution < 1.29 is 9.59 Å². The summed E-state index contributed by atoms with van der Waals surface area (Å²) in [4.78, 5) is 27.3. The molecule has 1 saturated heterocycles. The molecular formula is C23H28ClN3O2. The molecule has 1 aliphatic rings. The van der Waals surface area contributed by atoms with E-state index in [2.05, 4.69) is 22.5 Å². The number of nitrogens with zero attached hydrogens (tertiary/aromatic N) is 1. The second-order valence-electron chi connectivity index (χ2n) is 7.54. The van der Waals surface area contributed by atoms with Crippen molar-refractivity contribution in [1.29, 1.82) is 0 Å². The van der Waals surface area contributed by atoms with Crippen molar-refractivity contribution in [2.24, 2.45) is 0 Å². The van der Waals surface area contributed by atoms with Crippen LogP contribution in [0.25, 0.3) is 0 Å². The van der Waals surface area contributed by atoms with E-state index in [1.54, 1.807) is 24.3 Å². The van der Waals surface area contributed by atoms with E-state index in [9.17, 15) is 9.59 Å². The van der Waals surface area contributed by atoms with Gasteiger partial charge in [-0.25, -0.2) is 0 Å². The monoisotopic (exact) mass is 413 g/mol. The average Bonchev–Trinajstić information content (AvgIpc) is 2.74. The molecule has 1 fully saturated rings. The highest BCUT2D eigenvalue weighted by Gasteiger charge is 2.24. The molecule has 154 valence electrons. The van der Waals surface area contributed by atoms with Crippen LogP contribution in [0.1, 0.15) is 53.8 Å². The third-order valence-electron chi connectivity index (χ3n) is 5.42. The van der Waals surface area contributed by atoms with Crippen LogP contribution in [0, 0.1) is 0 Å². The van der Waals surface area contributed by atoms with Crippen LogP contribution < -0.4 is 15.5 Å². The number of hydrogen-bond acceptors (Lipinski definition) is 3. The summed E-state index contributed by atoms with van der Waals surface area (Å²) in [5.74, 6) is -0.110.